The fourth-order valence-electron chi connectivity index (χ4n) is 5.43. The van der Waals surface area contributed by atoms with Crippen LogP contribution in [0.2, 0.25) is 0 Å². The minimum atomic E-state index is -0.845. The van der Waals surface area contributed by atoms with Crippen LogP contribution in [0, 0.1) is 17.8 Å². The van der Waals surface area contributed by atoms with Gasteiger partial charge in [-0.05, 0) is 47.9 Å². The molecule has 2 N–H and O–H groups in total. The van der Waals surface area contributed by atoms with Gasteiger partial charge in [-0.25, -0.2) is 4.79 Å². The second kappa shape index (κ2) is 8.54. The Morgan fingerprint density at radius 2 is 1.67 bits per heavy atom. The van der Waals surface area contributed by atoms with E-state index < -0.39 is 18.0 Å². The Morgan fingerprint density at radius 3 is 2.27 bits per heavy atom. The minimum absolute atomic E-state index is 0.00517. The van der Waals surface area contributed by atoms with Gasteiger partial charge in [-0.15, -0.1) is 0 Å². The lowest BCUT2D eigenvalue weighted by Crippen LogP contribution is -2.39. The van der Waals surface area contributed by atoms with Crippen LogP contribution in [0.5, 0.6) is 0 Å². The minimum Gasteiger partial charge on any atom is -0.481 e. The molecule has 2 aliphatic carbocycles. The second-order valence-corrected chi connectivity index (χ2v) is 9.31. The highest BCUT2D eigenvalue weighted by Gasteiger charge is 2.48. The van der Waals surface area contributed by atoms with Gasteiger partial charge in [0.05, 0.1) is 5.92 Å². The maximum atomic E-state index is 12.8. The van der Waals surface area contributed by atoms with E-state index in [9.17, 15) is 19.5 Å². The molecular weight excluding hydrogens is 420 g/mol. The van der Waals surface area contributed by atoms with Crippen LogP contribution in [0.25, 0.3) is 11.1 Å². The van der Waals surface area contributed by atoms with Crippen molar-refractivity contribution in [2.24, 2.45) is 17.8 Å². The number of carboxylic acids is 1. The normalized spacial score (nSPS) is 25.3. The zero-order valence-corrected chi connectivity index (χ0v) is 18.6. The van der Waals surface area contributed by atoms with Crippen molar-refractivity contribution in [1.82, 2.24) is 10.2 Å². The summed E-state index contributed by atoms with van der Waals surface area (Å²) in [5.41, 5.74) is 4.70. The predicted octanol–water partition coefficient (Wildman–Crippen LogP) is 3.48. The van der Waals surface area contributed by atoms with E-state index >= 15 is 0 Å². The van der Waals surface area contributed by atoms with Crippen molar-refractivity contribution in [1.29, 1.82) is 0 Å². The number of amides is 2. The molecule has 1 saturated carbocycles. The SMILES string of the molecule is CC1C(C(=O)O)CCN1C(=O)[C@@H]1C[C@@H]1CNC(=O)OCC1c2ccccc2-c2ccccc21. The molecule has 2 fully saturated rings. The summed E-state index contributed by atoms with van der Waals surface area (Å²) in [6.45, 7) is 2.93. The van der Waals surface area contributed by atoms with Crippen LogP contribution in [0.1, 0.15) is 36.8 Å². The van der Waals surface area contributed by atoms with E-state index in [0.29, 0.717) is 25.9 Å². The molecule has 172 valence electrons. The average Bonchev–Trinajstić information content (AvgIpc) is 3.39. The van der Waals surface area contributed by atoms with E-state index in [0.717, 1.165) is 0 Å². The Morgan fingerprint density at radius 1 is 1.03 bits per heavy atom. The van der Waals surface area contributed by atoms with E-state index in [1.165, 1.54) is 22.3 Å². The topological polar surface area (TPSA) is 95.9 Å². The summed E-state index contributed by atoms with van der Waals surface area (Å²) >= 11 is 0. The standard InChI is InChI=1S/C26H28N2O5/c1-15-17(25(30)31)10-11-28(15)24(29)22-12-16(22)13-27-26(32)33-14-23-20-8-4-2-6-18(20)19-7-3-5-9-21(19)23/h2-9,15-17,22-23H,10-14H2,1H3,(H,27,32)(H,30,31)/t15?,16-,17?,22-/m1/s1. The number of benzene rings is 2. The summed E-state index contributed by atoms with van der Waals surface area (Å²) in [6.07, 6.45) is 0.733. The molecule has 1 saturated heterocycles. The number of hydrogen-bond donors (Lipinski definition) is 2. The monoisotopic (exact) mass is 448 g/mol. The van der Waals surface area contributed by atoms with Gasteiger partial charge in [0.25, 0.3) is 0 Å². The molecule has 2 aromatic carbocycles. The molecule has 2 amide bonds. The molecule has 33 heavy (non-hydrogen) atoms. The summed E-state index contributed by atoms with van der Waals surface area (Å²) in [6, 6.07) is 16.1. The lowest BCUT2D eigenvalue weighted by Gasteiger charge is -2.23. The zero-order chi connectivity index (χ0) is 23.1. The van der Waals surface area contributed by atoms with Crippen LogP contribution in [0.3, 0.4) is 0 Å². The van der Waals surface area contributed by atoms with Gasteiger partial charge in [0.1, 0.15) is 6.61 Å². The number of carbonyl (C=O) groups excluding carboxylic acids is 2. The number of nitrogens with zero attached hydrogens (tertiary/aromatic N) is 1. The fourth-order valence-corrected chi connectivity index (χ4v) is 5.43. The van der Waals surface area contributed by atoms with Crippen LogP contribution >= 0.6 is 0 Å². The number of fused-ring (bicyclic) bond motifs is 3. The average molecular weight is 449 g/mol. The number of hydrogen-bond acceptors (Lipinski definition) is 4. The summed E-state index contributed by atoms with van der Waals surface area (Å²) < 4.78 is 5.56. The van der Waals surface area contributed by atoms with Crippen LogP contribution < -0.4 is 5.32 Å². The van der Waals surface area contributed by atoms with Crippen molar-refractivity contribution in [2.75, 3.05) is 19.7 Å². The molecule has 1 heterocycles. The van der Waals surface area contributed by atoms with Crippen molar-refractivity contribution in [3.63, 3.8) is 0 Å². The van der Waals surface area contributed by atoms with Gasteiger partial charge in [0.15, 0.2) is 0 Å². The third-order valence-corrected chi connectivity index (χ3v) is 7.45. The van der Waals surface area contributed by atoms with Gasteiger partial charge < -0.3 is 20.1 Å². The van der Waals surface area contributed by atoms with Gasteiger partial charge in [-0.1, -0.05) is 48.5 Å². The molecule has 0 aromatic heterocycles. The molecule has 0 spiro atoms. The Bertz CT molecular complexity index is 1050. The Hall–Kier alpha value is -3.35. The first-order chi connectivity index (χ1) is 16.0. The molecule has 7 nitrogen and oxygen atoms in total. The Balaban J connectivity index is 1.11. The van der Waals surface area contributed by atoms with Crippen LogP contribution in [0.4, 0.5) is 4.79 Å². The summed E-state index contributed by atoms with van der Waals surface area (Å²) in [7, 11) is 0. The first-order valence-corrected chi connectivity index (χ1v) is 11.6. The molecule has 0 bridgehead atoms. The zero-order valence-electron chi connectivity index (χ0n) is 18.6. The van der Waals surface area contributed by atoms with Crippen molar-refractivity contribution in [3.05, 3.63) is 59.7 Å². The molecule has 4 atom stereocenters. The highest BCUT2D eigenvalue weighted by Crippen LogP contribution is 2.44. The number of carbonyl (C=O) groups is 3. The number of aliphatic carboxylic acids is 1. The van der Waals surface area contributed by atoms with Crippen LogP contribution in [-0.2, 0) is 14.3 Å². The van der Waals surface area contributed by atoms with Gasteiger partial charge in [-0.2, -0.15) is 0 Å². The van der Waals surface area contributed by atoms with E-state index in [-0.39, 0.29) is 36.3 Å². The number of nitrogens with one attached hydrogen (secondary N) is 1. The molecular formula is C26H28N2O5. The van der Waals surface area contributed by atoms with Gasteiger partial charge >= 0.3 is 12.1 Å². The molecule has 2 unspecified atom stereocenters. The number of rotatable bonds is 6. The molecule has 1 aliphatic heterocycles. The van der Waals surface area contributed by atoms with E-state index in [1.807, 2.05) is 24.3 Å². The maximum absolute atomic E-state index is 12.8. The molecule has 7 heteroatoms. The fraction of sp³-hybridized carbons (Fsp3) is 0.423. The first-order valence-electron chi connectivity index (χ1n) is 11.6. The van der Waals surface area contributed by atoms with Crippen molar-refractivity contribution in [2.45, 2.75) is 31.7 Å². The number of ether oxygens (including phenoxy) is 1. The quantitative estimate of drug-likeness (QED) is 0.705. The van der Waals surface area contributed by atoms with E-state index in [4.69, 9.17) is 4.74 Å². The summed E-state index contributed by atoms with van der Waals surface area (Å²) in [4.78, 5) is 38.1. The third-order valence-electron chi connectivity index (χ3n) is 7.45. The van der Waals surface area contributed by atoms with Gasteiger partial charge in [-0.3, -0.25) is 9.59 Å². The lowest BCUT2D eigenvalue weighted by atomic mass is 9.98. The third kappa shape index (κ3) is 3.96. The lowest BCUT2D eigenvalue weighted by molar-refractivity contribution is -0.143. The molecule has 5 rings (SSSR count). The maximum Gasteiger partial charge on any atom is 0.407 e. The Labute approximate surface area is 192 Å². The predicted molar refractivity (Wildman–Crippen MR) is 122 cm³/mol. The molecule has 0 radical (unpaired) electrons. The second-order valence-electron chi connectivity index (χ2n) is 9.31. The van der Waals surface area contributed by atoms with Crippen molar-refractivity contribution >= 4 is 18.0 Å². The number of likely N-dealkylation sites (tertiary alicyclic amines) is 1. The highest BCUT2D eigenvalue weighted by atomic mass is 16.5. The molecule has 3 aliphatic rings. The van der Waals surface area contributed by atoms with Gasteiger partial charge in [0.2, 0.25) is 5.91 Å². The number of carboxylic acid groups (broad SMARTS) is 1. The van der Waals surface area contributed by atoms with E-state index in [1.54, 1.807) is 11.8 Å². The first kappa shape index (κ1) is 21.5. The van der Waals surface area contributed by atoms with E-state index in [2.05, 4.69) is 29.6 Å². The highest BCUT2D eigenvalue weighted by molar-refractivity contribution is 5.84. The smallest absolute Gasteiger partial charge is 0.407 e. The Kier molecular flexibility index (Phi) is 5.56. The van der Waals surface area contributed by atoms with Crippen molar-refractivity contribution in [3.8, 4) is 11.1 Å². The van der Waals surface area contributed by atoms with Crippen LogP contribution in [-0.4, -0.2) is 53.7 Å². The van der Waals surface area contributed by atoms with Gasteiger partial charge in [0, 0.05) is 31.0 Å². The number of alkyl carbamates (subject to hydrolysis) is 1. The molecule has 2 aromatic rings. The summed E-state index contributed by atoms with van der Waals surface area (Å²) in [5.74, 6) is -1.39. The van der Waals surface area contributed by atoms with Crippen LogP contribution in [0.15, 0.2) is 48.5 Å². The largest absolute Gasteiger partial charge is 0.481 e. The summed E-state index contributed by atoms with van der Waals surface area (Å²) in [5, 5.41) is 12.1. The van der Waals surface area contributed by atoms with Crippen molar-refractivity contribution < 1.29 is 24.2 Å².